The molecule has 0 aromatic heterocycles. The van der Waals surface area contributed by atoms with Crippen molar-refractivity contribution in [2.75, 3.05) is 20.3 Å². The van der Waals surface area contributed by atoms with Gasteiger partial charge in [-0.3, -0.25) is 4.84 Å². The van der Waals surface area contributed by atoms with E-state index in [4.69, 9.17) is 30.6 Å². The number of hydroxylamine groups is 2. The summed E-state index contributed by atoms with van der Waals surface area (Å²) in [4.78, 5) is 41.7. The van der Waals surface area contributed by atoms with Crippen LogP contribution in [0.4, 0.5) is 9.59 Å². The average Bonchev–Trinajstić information content (AvgIpc) is 2.69. The van der Waals surface area contributed by atoms with E-state index < -0.39 is 29.8 Å². The van der Waals surface area contributed by atoms with Gasteiger partial charge in [-0.2, -0.15) is 5.06 Å². The monoisotopic (exact) mass is 456 g/mol. The number of carbonyl (C=O) groups excluding carboxylic acids is 3. The quantitative estimate of drug-likeness (QED) is 0.247. The van der Waals surface area contributed by atoms with Gasteiger partial charge in [0.15, 0.2) is 0 Å². The third kappa shape index (κ3) is 10.2. The zero-order valence-corrected chi connectivity index (χ0v) is 18.9. The van der Waals surface area contributed by atoms with Crippen LogP contribution in [0.1, 0.15) is 32.8 Å². The second kappa shape index (κ2) is 12.8. The Hall–Kier alpha value is -2.78. The molecule has 0 aliphatic heterocycles. The Morgan fingerprint density at radius 1 is 1.23 bits per heavy atom. The molecule has 0 bridgehead atoms. The number of carbonyl (C=O) groups is 3. The van der Waals surface area contributed by atoms with Crippen LogP contribution in [0.3, 0.4) is 0 Å². The molecule has 1 aromatic carbocycles. The Labute approximate surface area is 187 Å². The topological polar surface area (TPSA) is 103 Å². The van der Waals surface area contributed by atoms with E-state index in [1.807, 2.05) is 0 Å². The summed E-state index contributed by atoms with van der Waals surface area (Å²) in [6, 6.07) is 5.86. The van der Waals surface area contributed by atoms with Crippen LogP contribution in [0.25, 0.3) is 0 Å². The molecule has 0 saturated carbocycles. The SMILES string of the molecule is C=CCOC(=O)[C@H](CCN(OC)C(=O)OCc1ccccc1Cl)NC(=O)OC(C)(C)C. The zero-order valence-electron chi connectivity index (χ0n) is 18.2. The summed E-state index contributed by atoms with van der Waals surface area (Å²) >= 11 is 6.05. The van der Waals surface area contributed by atoms with Gasteiger partial charge in [-0.25, -0.2) is 14.4 Å². The molecule has 9 nitrogen and oxygen atoms in total. The number of hydrogen-bond acceptors (Lipinski definition) is 7. The third-order valence-electron chi connectivity index (χ3n) is 3.67. The molecule has 10 heteroatoms. The molecule has 1 aromatic rings. The lowest BCUT2D eigenvalue weighted by atomic mass is 10.2. The van der Waals surface area contributed by atoms with Gasteiger partial charge in [-0.15, -0.1) is 0 Å². The standard InChI is InChI=1S/C21H29ClN2O7/c1-6-13-29-18(25)17(23-19(26)31-21(2,3)4)11-12-24(28-5)20(27)30-14-15-9-7-8-10-16(15)22/h6-10,17H,1,11-14H2,2-5H3,(H,23,26)/t17-/m0/s1. The van der Waals surface area contributed by atoms with Crippen LogP contribution in [-0.2, 0) is 30.4 Å². The lowest BCUT2D eigenvalue weighted by Crippen LogP contribution is -2.46. The van der Waals surface area contributed by atoms with E-state index in [1.165, 1.54) is 13.2 Å². The second-order valence-electron chi connectivity index (χ2n) is 7.34. The molecule has 0 saturated heterocycles. The first-order valence-electron chi connectivity index (χ1n) is 9.56. The van der Waals surface area contributed by atoms with Gasteiger partial charge in [0.2, 0.25) is 0 Å². The smallest absolute Gasteiger partial charge is 0.434 e. The minimum atomic E-state index is -1.08. The Morgan fingerprint density at radius 2 is 1.90 bits per heavy atom. The van der Waals surface area contributed by atoms with Gasteiger partial charge in [0.25, 0.3) is 0 Å². The summed E-state index contributed by atoms with van der Waals surface area (Å²) in [7, 11) is 1.28. The number of benzene rings is 1. The number of rotatable bonds is 10. The fourth-order valence-corrected chi connectivity index (χ4v) is 2.46. The number of nitrogens with one attached hydrogen (secondary N) is 1. The van der Waals surface area contributed by atoms with Crippen molar-refractivity contribution < 1.29 is 33.4 Å². The maximum Gasteiger partial charge on any atom is 0.434 e. The van der Waals surface area contributed by atoms with E-state index in [2.05, 4.69) is 11.9 Å². The van der Waals surface area contributed by atoms with E-state index >= 15 is 0 Å². The first-order chi connectivity index (χ1) is 14.6. The molecule has 0 radical (unpaired) electrons. The molecule has 0 heterocycles. The zero-order chi connectivity index (χ0) is 23.4. The van der Waals surface area contributed by atoms with Crippen LogP contribution in [0.15, 0.2) is 36.9 Å². The lowest BCUT2D eigenvalue weighted by molar-refractivity contribution is -0.146. The molecule has 0 fully saturated rings. The second-order valence-corrected chi connectivity index (χ2v) is 7.74. The molecule has 2 amide bonds. The summed E-state index contributed by atoms with van der Waals surface area (Å²) in [5.41, 5.74) is -0.119. The van der Waals surface area contributed by atoms with Crippen molar-refractivity contribution in [3.8, 4) is 0 Å². The summed E-state index contributed by atoms with van der Waals surface area (Å²) in [5.74, 6) is -0.703. The molecule has 0 aliphatic carbocycles. The highest BCUT2D eigenvalue weighted by Gasteiger charge is 2.27. The fourth-order valence-electron chi connectivity index (χ4n) is 2.27. The average molecular weight is 457 g/mol. The van der Waals surface area contributed by atoms with Crippen LogP contribution in [0.2, 0.25) is 5.02 Å². The van der Waals surface area contributed by atoms with E-state index in [1.54, 1.807) is 45.0 Å². The number of hydrogen-bond donors (Lipinski definition) is 1. The highest BCUT2D eigenvalue weighted by molar-refractivity contribution is 6.31. The number of ether oxygens (including phenoxy) is 3. The predicted molar refractivity (Wildman–Crippen MR) is 114 cm³/mol. The molecule has 0 unspecified atom stereocenters. The number of halogens is 1. The highest BCUT2D eigenvalue weighted by Crippen LogP contribution is 2.16. The van der Waals surface area contributed by atoms with E-state index in [0.29, 0.717) is 10.6 Å². The largest absolute Gasteiger partial charge is 0.460 e. The van der Waals surface area contributed by atoms with Gasteiger partial charge >= 0.3 is 18.2 Å². The summed E-state index contributed by atoms with van der Waals surface area (Å²) in [6.45, 7) is 8.40. The van der Waals surface area contributed by atoms with Crippen molar-refractivity contribution in [2.45, 2.75) is 45.4 Å². The van der Waals surface area contributed by atoms with Crippen LogP contribution in [0.5, 0.6) is 0 Å². The van der Waals surface area contributed by atoms with E-state index in [-0.39, 0.29) is 26.2 Å². The van der Waals surface area contributed by atoms with Crippen molar-refractivity contribution in [1.82, 2.24) is 10.4 Å². The Bertz CT molecular complexity index is 764. The van der Waals surface area contributed by atoms with Gasteiger partial charge < -0.3 is 19.5 Å². The molecule has 1 N–H and O–H groups in total. The van der Waals surface area contributed by atoms with Crippen molar-refractivity contribution in [1.29, 1.82) is 0 Å². The lowest BCUT2D eigenvalue weighted by Gasteiger charge is -2.24. The predicted octanol–water partition coefficient (Wildman–Crippen LogP) is 3.85. The van der Waals surface area contributed by atoms with E-state index in [0.717, 1.165) is 5.06 Å². The van der Waals surface area contributed by atoms with Crippen LogP contribution < -0.4 is 5.32 Å². The maximum atomic E-state index is 12.3. The minimum absolute atomic E-state index is 0.00967. The summed E-state index contributed by atoms with van der Waals surface area (Å²) < 4.78 is 15.4. The molecule has 0 spiro atoms. The maximum absolute atomic E-state index is 12.3. The molecular formula is C21H29ClN2O7. The Balaban J connectivity index is 2.71. The van der Waals surface area contributed by atoms with Crippen LogP contribution >= 0.6 is 11.6 Å². The molecule has 1 rings (SSSR count). The van der Waals surface area contributed by atoms with Crippen molar-refractivity contribution >= 4 is 29.8 Å². The Kier molecular flexibility index (Phi) is 10.8. The van der Waals surface area contributed by atoms with E-state index in [9.17, 15) is 14.4 Å². The van der Waals surface area contributed by atoms with Gasteiger partial charge in [-0.1, -0.05) is 42.5 Å². The first kappa shape index (κ1) is 26.3. The third-order valence-corrected chi connectivity index (χ3v) is 4.04. The van der Waals surface area contributed by atoms with Gasteiger partial charge in [0, 0.05) is 10.6 Å². The van der Waals surface area contributed by atoms with Crippen LogP contribution in [0, 0.1) is 0 Å². The molecule has 31 heavy (non-hydrogen) atoms. The number of nitrogens with zero attached hydrogens (tertiary/aromatic N) is 1. The van der Waals surface area contributed by atoms with Crippen molar-refractivity contribution in [3.05, 3.63) is 47.5 Å². The minimum Gasteiger partial charge on any atom is -0.460 e. The van der Waals surface area contributed by atoms with Crippen molar-refractivity contribution in [2.24, 2.45) is 0 Å². The summed E-state index contributed by atoms with van der Waals surface area (Å²) in [5, 5.41) is 3.83. The van der Waals surface area contributed by atoms with Gasteiger partial charge in [0.1, 0.15) is 24.9 Å². The van der Waals surface area contributed by atoms with Crippen molar-refractivity contribution in [3.63, 3.8) is 0 Å². The first-order valence-corrected chi connectivity index (χ1v) is 9.94. The molecule has 1 atom stereocenters. The highest BCUT2D eigenvalue weighted by atomic mass is 35.5. The molecule has 172 valence electrons. The van der Waals surface area contributed by atoms with Crippen LogP contribution in [-0.4, -0.2) is 55.1 Å². The number of esters is 1. The summed E-state index contributed by atoms with van der Waals surface area (Å²) in [6.07, 6.45) is -0.184. The molecule has 0 aliphatic rings. The normalized spacial score (nSPS) is 11.8. The Morgan fingerprint density at radius 3 is 2.48 bits per heavy atom. The molecular weight excluding hydrogens is 428 g/mol. The number of amides is 2. The van der Waals surface area contributed by atoms with Gasteiger partial charge in [-0.05, 0) is 33.3 Å². The number of alkyl carbamates (subject to hydrolysis) is 1. The fraction of sp³-hybridized carbons (Fsp3) is 0.476. The van der Waals surface area contributed by atoms with Gasteiger partial charge in [0.05, 0.1) is 13.7 Å².